The largest absolute Gasteiger partial charge is 0.391 e. The maximum Gasteiger partial charge on any atom is 0.246 e. The van der Waals surface area contributed by atoms with Gasteiger partial charge in [0.25, 0.3) is 0 Å². The van der Waals surface area contributed by atoms with Gasteiger partial charge in [0.05, 0.1) is 6.10 Å². The molecular formula is C14H15Cl2NO2. The van der Waals surface area contributed by atoms with Crippen molar-refractivity contribution in [2.45, 2.75) is 18.9 Å². The van der Waals surface area contributed by atoms with Crippen LogP contribution in [0.15, 0.2) is 24.3 Å². The third kappa shape index (κ3) is 3.96. The van der Waals surface area contributed by atoms with E-state index in [-0.39, 0.29) is 5.91 Å². The zero-order chi connectivity index (χ0) is 13.8. The van der Waals surface area contributed by atoms with Crippen LogP contribution in [-0.4, -0.2) is 35.1 Å². The fraction of sp³-hybridized carbons (Fsp3) is 0.357. The van der Waals surface area contributed by atoms with E-state index in [1.165, 1.54) is 6.08 Å². The first-order chi connectivity index (χ1) is 9.06. The van der Waals surface area contributed by atoms with Gasteiger partial charge in [0, 0.05) is 29.2 Å². The van der Waals surface area contributed by atoms with Crippen LogP contribution in [0.4, 0.5) is 0 Å². The lowest BCUT2D eigenvalue weighted by molar-refractivity contribution is -0.128. The van der Waals surface area contributed by atoms with Crippen molar-refractivity contribution < 1.29 is 9.90 Å². The number of rotatable bonds is 2. The Morgan fingerprint density at radius 3 is 2.89 bits per heavy atom. The van der Waals surface area contributed by atoms with Crippen molar-refractivity contribution in [3.8, 4) is 0 Å². The van der Waals surface area contributed by atoms with Gasteiger partial charge in [-0.15, -0.1) is 0 Å². The predicted molar refractivity (Wildman–Crippen MR) is 77.3 cm³/mol. The molecule has 1 aromatic rings. The highest BCUT2D eigenvalue weighted by atomic mass is 35.5. The molecular weight excluding hydrogens is 285 g/mol. The molecule has 1 aliphatic rings. The summed E-state index contributed by atoms with van der Waals surface area (Å²) in [6, 6.07) is 5.12. The van der Waals surface area contributed by atoms with Crippen LogP contribution in [0.1, 0.15) is 18.4 Å². The number of benzene rings is 1. The summed E-state index contributed by atoms with van der Waals surface area (Å²) in [5, 5.41) is 10.6. The first kappa shape index (κ1) is 14.4. The minimum Gasteiger partial charge on any atom is -0.391 e. The van der Waals surface area contributed by atoms with Crippen molar-refractivity contribution in [3.63, 3.8) is 0 Å². The van der Waals surface area contributed by atoms with Gasteiger partial charge in [-0.2, -0.15) is 0 Å². The number of piperidine rings is 1. The van der Waals surface area contributed by atoms with Crippen LogP contribution < -0.4 is 0 Å². The van der Waals surface area contributed by atoms with E-state index in [0.29, 0.717) is 23.1 Å². The molecule has 1 fully saturated rings. The van der Waals surface area contributed by atoms with Crippen LogP contribution in [0.5, 0.6) is 0 Å². The Labute approximate surface area is 122 Å². The van der Waals surface area contributed by atoms with Gasteiger partial charge in [0.15, 0.2) is 0 Å². The van der Waals surface area contributed by atoms with E-state index in [1.54, 1.807) is 29.2 Å². The summed E-state index contributed by atoms with van der Waals surface area (Å²) in [6.45, 7) is 1.09. The maximum absolute atomic E-state index is 12.0. The molecule has 1 unspecified atom stereocenters. The van der Waals surface area contributed by atoms with E-state index >= 15 is 0 Å². The number of halogens is 2. The Kier molecular flexibility index (Phi) is 4.86. The molecule has 2 rings (SSSR count). The number of aliphatic hydroxyl groups excluding tert-OH is 1. The summed E-state index contributed by atoms with van der Waals surface area (Å²) < 4.78 is 0. The van der Waals surface area contributed by atoms with Gasteiger partial charge >= 0.3 is 0 Å². The Hall–Kier alpha value is -1.03. The summed E-state index contributed by atoms with van der Waals surface area (Å²) in [4.78, 5) is 13.6. The lowest BCUT2D eigenvalue weighted by Crippen LogP contribution is -2.41. The lowest BCUT2D eigenvalue weighted by Gasteiger charge is -2.29. The Bertz CT molecular complexity index is 502. The van der Waals surface area contributed by atoms with Crippen molar-refractivity contribution in [2.75, 3.05) is 13.1 Å². The minimum atomic E-state index is -0.412. The molecule has 0 bridgehead atoms. The van der Waals surface area contributed by atoms with Crippen molar-refractivity contribution in [1.82, 2.24) is 4.90 Å². The number of hydrogen-bond acceptors (Lipinski definition) is 2. The molecule has 0 spiro atoms. The molecule has 0 aromatic heterocycles. The van der Waals surface area contributed by atoms with E-state index in [0.717, 1.165) is 18.4 Å². The number of likely N-dealkylation sites (tertiary alicyclic amines) is 1. The van der Waals surface area contributed by atoms with Crippen LogP contribution in [0.2, 0.25) is 10.0 Å². The molecule has 1 amide bonds. The highest BCUT2D eigenvalue weighted by molar-refractivity contribution is 6.35. The topological polar surface area (TPSA) is 40.5 Å². The Morgan fingerprint density at radius 2 is 2.21 bits per heavy atom. The molecule has 1 aromatic carbocycles. The average Bonchev–Trinajstić information content (AvgIpc) is 2.37. The second kappa shape index (κ2) is 6.42. The molecule has 19 heavy (non-hydrogen) atoms. The number of carbonyl (C=O) groups is 1. The van der Waals surface area contributed by atoms with Crippen LogP contribution in [0.3, 0.4) is 0 Å². The summed E-state index contributed by atoms with van der Waals surface area (Å²) >= 11 is 11.8. The molecule has 0 saturated carbocycles. The van der Waals surface area contributed by atoms with E-state index in [1.807, 2.05) is 0 Å². The number of hydrogen-bond donors (Lipinski definition) is 1. The molecule has 1 aliphatic heterocycles. The molecule has 0 radical (unpaired) electrons. The normalized spacial score (nSPS) is 19.9. The first-order valence-electron chi connectivity index (χ1n) is 6.16. The Balaban J connectivity index is 2.03. The van der Waals surface area contributed by atoms with Crippen LogP contribution in [-0.2, 0) is 4.79 Å². The molecule has 1 saturated heterocycles. The fourth-order valence-electron chi connectivity index (χ4n) is 2.06. The summed E-state index contributed by atoms with van der Waals surface area (Å²) in [6.07, 6.45) is 4.33. The highest BCUT2D eigenvalue weighted by Crippen LogP contribution is 2.22. The smallest absolute Gasteiger partial charge is 0.246 e. The summed E-state index contributed by atoms with van der Waals surface area (Å²) in [5.74, 6) is -0.107. The van der Waals surface area contributed by atoms with Gasteiger partial charge in [-0.25, -0.2) is 0 Å². The molecule has 1 atom stereocenters. The van der Waals surface area contributed by atoms with Gasteiger partial charge in [0.1, 0.15) is 0 Å². The number of aliphatic hydroxyl groups is 1. The summed E-state index contributed by atoms with van der Waals surface area (Å²) in [5.41, 5.74) is 0.747. The van der Waals surface area contributed by atoms with E-state index in [9.17, 15) is 9.90 Å². The van der Waals surface area contributed by atoms with Gasteiger partial charge in [-0.1, -0.05) is 29.3 Å². The number of carbonyl (C=O) groups excluding carboxylic acids is 1. The Morgan fingerprint density at radius 1 is 1.42 bits per heavy atom. The van der Waals surface area contributed by atoms with Crippen molar-refractivity contribution >= 4 is 35.2 Å². The van der Waals surface area contributed by atoms with Crippen molar-refractivity contribution in [3.05, 3.63) is 39.9 Å². The highest BCUT2D eigenvalue weighted by Gasteiger charge is 2.20. The van der Waals surface area contributed by atoms with E-state index in [2.05, 4.69) is 0 Å². The lowest BCUT2D eigenvalue weighted by atomic mass is 10.1. The molecule has 1 heterocycles. The molecule has 3 nitrogen and oxygen atoms in total. The first-order valence-corrected chi connectivity index (χ1v) is 6.92. The number of amides is 1. The van der Waals surface area contributed by atoms with Crippen molar-refractivity contribution in [2.24, 2.45) is 0 Å². The number of β-amino-alcohol motifs (C(OH)–C–C–N with tert-alkyl or cyclic N) is 1. The summed E-state index contributed by atoms with van der Waals surface area (Å²) in [7, 11) is 0. The van der Waals surface area contributed by atoms with E-state index in [4.69, 9.17) is 23.2 Å². The average molecular weight is 300 g/mol. The standard InChI is InChI=1S/C14H15Cl2NO2/c15-11-5-3-10(13(16)8-11)4-6-14(19)17-7-1-2-12(18)9-17/h3-6,8,12,18H,1-2,7,9H2/b6-4+. The van der Waals surface area contributed by atoms with Crippen LogP contribution >= 0.6 is 23.2 Å². The van der Waals surface area contributed by atoms with E-state index < -0.39 is 6.10 Å². The number of nitrogens with zero attached hydrogens (tertiary/aromatic N) is 1. The van der Waals surface area contributed by atoms with Gasteiger partial charge in [0.2, 0.25) is 5.91 Å². The third-order valence-electron chi connectivity index (χ3n) is 3.08. The zero-order valence-corrected chi connectivity index (χ0v) is 11.9. The van der Waals surface area contributed by atoms with Gasteiger partial charge in [-0.3, -0.25) is 4.79 Å². The quantitative estimate of drug-likeness (QED) is 0.853. The van der Waals surface area contributed by atoms with Crippen LogP contribution in [0.25, 0.3) is 6.08 Å². The zero-order valence-electron chi connectivity index (χ0n) is 10.4. The predicted octanol–water partition coefficient (Wildman–Crippen LogP) is 2.99. The molecule has 1 N–H and O–H groups in total. The van der Waals surface area contributed by atoms with Gasteiger partial charge < -0.3 is 10.0 Å². The van der Waals surface area contributed by atoms with Gasteiger partial charge in [-0.05, 0) is 36.6 Å². The molecule has 5 heteroatoms. The van der Waals surface area contributed by atoms with Crippen LogP contribution in [0, 0.1) is 0 Å². The SMILES string of the molecule is O=C(/C=C/c1ccc(Cl)cc1Cl)N1CCCC(O)C1. The third-order valence-corrected chi connectivity index (χ3v) is 3.64. The van der Waals surface area contributed by atoms with Crippen molar-refractivity contribution in [1.29, 1.82) is 0 Å². The second-order valence-electron chi connectivity index (χ2n) is 4.58. The second-order valence-corrected chi connectivity index (χ2v) is 5.42. The fourth-order valence-corrected chi connectivity index (χ4v) is 2.53. The molecule has 0 aliphatic carbocycles. The minimum absolute atomic E-state index is 0.107. The monoisotopic (exact) mass is 299 g/mol. The maximum atomic E-state index is 12.0. The molecule has 102 valence electrons.